The number of phosphoric acid groups is 1. The second-order valence-electron chi connectivity index (χ2n) is 35.8. The van der Waals surface area contributed by atoms with E-state index in [-0.39, 0.29) is 19.3 Å². The summed E-state index contributed by atoms with van der Waals surface area (Å²) < 4.78 is 68.1. The largest absolute Gasteiger partial charge is 0.472 e. The van der Waals surface area contributed by atoms with Gasteiger partial charge in [-0.2, -0.15) is 0 Å². The van der Waals surface area contributed by atoms with Gasteiger partial charge in [-0.05, 0) is 51.4 Å². The van der Waals surface area contributed by atoms with Gasteiger partial charge in [-0.1, -0.05) is 388 Å². The Hall–Kier alpha value is -3.39. The minimum absolute atomic E-state index is 0.125. The number of amides is 2. The molecule has 0 bridgehead atoms. The lowest BCUT2D eigenvalue weighted by atomic mass is 9.95. The Labute approximate surface area is 740 Å². The van der Waals surface area contributed by atoms with E-state index in [1.54, 1.807) is 0 Å². The molecule has 0 aliphatic carbocycles. The normalized spacial score (nSPS) is 20.7. The van der Waals surface area contributed by atoms with Crippen LogP contribution in [0.5, 0.6) is 0 Å². The van der Waals surface area contributed by atoms with Crippen LogP contribution >= 0.6 is 7.82 Å². The van der Waals surface area contributed by atoms with Crippen LogP contribution in [0.15, 0.2) is 0 Å². The van der Waals surface area contributed by atoms with Gasteiger partial charge in [0.15, 0.2) is 24.8 Å². The van der Waals surface area contributed by atoms with Gasteiger partial charge in [0.2, 0.25) is 11.8 Å². The molecular weight excluding hydrogens is 1580 g/mol. The first-order valence-corrected chi connectivity index (χ1v) is 51.9. The Balaban J connectivity index is 2.76. The summed E-state index contributed by atoms with van der Waals surface area (Å²) in [4.78, 5) is 97.2. The standard InChI is InChI=1S/C97H183N2O22P/c1-8-14-20-26-32-38-40-46-52-58-64-70-86(105)115-80(68-62-56-50-44-36-30-24-18-12-5)74-85(104)99-91-95(120-89(108)75-81(69-63-57-51-45-37-31-25-19-13-6)116-87(106)71-65-59-53-47-41-39-33-27-21-15-9-2)93(121-122(111,112)113-7)82(76-100)118-97(91)114-77-83-92(109)94(119-88(107)73-79(102)67-61-55-49-43-35-29-23-17-11-4)90(96(110)117-83)98-84(103)72-78(101)66-60-54-48-42-34-28-22-16-10-3/h78-83,90-97,100-102,109-110H,8-77H2,1-7H3,(H,98,103)(H,99,104)(H,111,112)/t78-,79-,80-,81-,82?,83?,90?,91?,92-,93-,94?,95?,96+,97-/m1/s1. The van der Waals surface area contributed by atoms with E-state index >= 15 is 9.59 Å². The van der Waals surface area contributed by atoms with Crippen molar-refractivity contribution in [3.63, 3.8) is 0 Å². The number of unbranched alkanes of at least 4 members (excludes halogenated alkanes) is 52. The molecule has 2 heterocycles. The van der Waals surface area contributed by atoms with E-state index in [1.807, 2.05) is 0 Å². The fourth-order valence-corrected chi connectivity index (χ4v) is 17.4. The van der Waals surface area contributed by atoms with Crippen LogP contribution in [0.4, 0.5) is 0 Å². The van der Waals surface area contributed by atoms with E-state index in [0.29, 0.717) is 57.8 Å². The van der Waals surface area contributed by atoms with Crippen LogP contribution in [0.1, 0.15) is 478 Å². The van der Waals surface area contributed by atoms with E-state index in [9.17, 15) is 54.2 Å². The van der Waals surface area contributed by atoms with Crippen LogP contribution in [0.3, 0.4) is 0 Å². The molecule has 0 spiro atoms. The Kier molecular flexibility index (Phi) is 72.9. The molecule has 2 amide bonds. The first-order valence-electron chi connectivity index (χ1n) is 50.4. The molecule has 0 aromatic rings. The predicted molar refractivity (Wildman–Crippen MR) is 484 cm³/mol. The summed E-state index contributed by atoms with van der Waals surface area (Å²) >= 11 is 0. The second kappa shape index (κ2) is 77.5. The maximum absolute atomic E-state index is 15.2. The fourth-order valence-electron chi connectivity index (χ4n) is 16.8. The highest BCUT2D eigenvalue weighted by Crippen LogP contribution is 2.47. The van der Waals surface area contributed by atoms with E-state index in [0.717, 1.165) is 193 Å². The summed E-state index contributed by atoms with van der Waals surface area (Å²) in [7, 11) is -4.22. The van der Waals surface area contributed by atoms with Gasteiger partial charge < -0.3 is 74.2 Å². The summed E-state index contributed by atoms with van der Waals surface area (Å²) in [5, 5.41) is 63.6. The number of carbonyl (C=O) groups is 6. The van der Waals surface area contributed by atoms with Crippen molar-refractivity contribution in [2.75, 3.05) is 20.3 Å². The molecule has 2 rings (SSSR count). The molecule has 0 saturated carbocycles. The minimum atomic E-state index is -5.13. The van der Waals surface area contributed by atoms with Crippen molar-refractivity contribution in [2.24, 2.45) is 0 Å². The summed E-state index contributed by atoms with van der Waals surface area (Å²) in [6.45, 7) is 11.4. The third kappa shape index (κ3) is 59.7. The number of phosphoric ester groups is 1. The number of nitrogens with one attached hydrogen (secondary N) is 2. The lowest BCUT2D eigenvalue weighted by Gasteiger charge is -2.46. The molecule has 25 heteroatoms. The molecule has 7 unspecified atom stereocenters. The number of carbonyl (C=O) groups excluding carboxylic acids is 6. The Bertz CT molecular complexity index is 2580. The summed E-state index contributed by atoms with van der Waals surface area (Å²) in [5.41, 5.74) is 0. The van der Waals surface area contributed by atoms with Gasteiger partial charge >= 0.3 is 31.7 Å². The molecule has 0 aromatic heterocycles. The quantitative estimate of drug-likeness (QED) is 0.0121. The van der Waals surface area contributed by atoms with Gasteiger partial charge in [0.25, 0.3) is 0 Å². The topological polar surface area (TPSA) is 348 Å². The monoisotopic (exact) mass is 1760 g/mol. The molecule has 0 radical (unpaired) electrons. The van der Waals surface area contributed by atoms with Crippen LogP contribution in [-0.2, 0) is 75.5 Å². The van der Waals surface area contributed by atoms with Crippen molar-refractivity contribution in [3.8, 4) is 0 Å². The average Bonchev–Trinajstić information content (AvgIpc) is 0.805. The van der Waals surface area contributed by atoms with Gasteiger partial charge in [0.1, 0.15) is 48.7 Å². The van der Waals surface area contributed by atoms with Crippen LogP contribution in [0, 0.1) is 0 Å². The number of aliphatic hydroxyl groups excluding tert-OH is 5. The summed E-state index contributed by atoms with van der Waals surface area (Å²) in [5.74, 6) is -4.41. The van der Waals surface area contributed by atoms with Gasteiger partial charge in [-0.3, -0.25) is 37.8 Å². The van der Waals surface area contributed by atoms with Crippen molar-refractivity contribution in [1.29, 1.82) is 0 Å². The predicted octanol–water partition coefficient (Wildman–Crippen LogP) is 21.9. The van der Waals surface area contributed by atoms with Crippen molar-refractivity contribution in [2.45, 2.75) is 564 Å². The van der Waals surface area contributed by atoms with E-state index in [2.05, 4.69) is 52.2 Å². The number of hydrogen-bond donors (Lipinski definition) is 8. The van der Waals surface area contributed by atoms with Crippen LogP contribution in [-0.4, -0.2) is 172 Å². The van der Waals surface area contributed by atoms with Gasteiger partial charge in [-0.15, -0.1) is 0 Å². The van der Waals surface area contributed by atoms with Crippen molar-refractivity contribution < 1.29 is 106 Å². The zero-order valence-electron chi connectivity index (χ0n) is 78.2. The third-order valence-corrected chi connectivity index (χ3v) is 25.3. The molecule has 24 nitrogen and oxygen atoms in total. The first kappa shape index (κ1) is 115. The van der Waals surface area contributed by atoms with Gasteiger partial charge in [-0.25, -0.2) is 4.57 Å². The molecule has 2 fully saturated rings. The average molecular weight is 1760 g/mol. The van der Waals surface area contributed by atoms with E-state index < -0.39 is 168 Å². The highest BCUT2D eigenvalue weighted by atomic mass is 31.2. The Morgan fingerprint density at radius 3 is 1.04 bits per heavy atom. The highest BCUT2D eigenvalue weighted by molar-refractivity contribution is 7.47. The SMILES string of the molecule is CCCCCCCCCCCCCC(=O)O[C@H](CCCCCCCCCCC)CC(=O)NC1C(OC(=O)C[C@@H](CCCCCCCCCCC)OC(=O)CCCCCCCCCCCCC)[C@H](OP(=O)(O)OC)C(CO)O[C@H]1OCC1O[C@H](O)C(NC(=O)C[C@H](O)CCCCCCCCCCC)C(OC(=O)C[C@H](O)CCCCCCCCCCC)[C@@H]1O. The first-order chi connectivity index (χ1) is 59.2. The maximum Gasteiger partial charge on any atom is 0.472 e. The molecule has 0 aromatic carbocycles. The number of aliphatic hydroxyl groups is 5. The zero-order valence-corrected chi connectivity index (χ0v) is 79.1. The van der Waals surface area contributed by atoms with Gasteiger partial charge in [0, 0.05) is 20.0 Å². The lowest BCUT2D eigenvalue weighted by molar-refractivity contribution is -0.299. The number of esters is 4. The molecule has 2 saturated heterocycles. The minimum Gasteiger partial charge on any atom is -0.462 e. The van der Waals surface area contributed by atoms with Crippen molar-refractivity contribution in [1.82, 2.24) is 10.6 Å². The Morgan fingerprint density at radius 1 is 0.361 bits per heavy atom. The highest BCUT2D eigenvalue weighted by Gasteiger charge is 2.54. The number of ether oxygens (including phenoxy) is 7. The third-order valence-electron chi connectivity index (χ3n) is 24.4. The fraction of sp³-hybridized carbons (Fsp3) is 0.938. The Morgan fingerprint density at radius 2 is 0.672 bits per heavy atom. The van der Waals surface area contributed by atoms with Crippen LogP contribution in [0.25, 0.3) is 0 Å². The molecule has 718 valence electrons. The molecular formula is C97H183N2O22P. The lowest BCUT2D eigenvalue weighted by Crippen LogP contribution is -2.68. The molecule has 2 aliphatic rings. The molecule has 8 N–H and O–H groups in total. The summed E-state index contributed by atoms with van der Waals surface area (Å²) in [6.07, 6.45) is 41.7. The molecule has 122 heavy (non-hydrogen) atoms. The number of hydrogen-bond acceptors (Lipinski definition) is 21. The number of rotatable bonds is 85. The smallest absolute Gasteiger partial charge is 0.462 e. The van der Waals surface area contributed by atoms with Crippen LogP contribution < -0.4 is 10.6 Å². The van der Waals surface area contributed by atoms with Crippen LogP contribution in [0.2, 0.25) is 0 Å². The van der Waals surface area contributed by atoms with E-state index in [1.165, 1.54) is 148 Å². The van der Waals surface area contributed by atoms with Crippen molar-refractivity contribution >= 4 is 43.5 Å². The summed E-state index contributed by atoms with van der Waals surface area (Å²) in [6, 6.07) is -3.40. The zero-order chi connectivity index (χ0) is 89.3. The van der Waals surface area contributed by atoms with Crippen molar-refractivity contribution in [3.05, 3.63) is 0 Å². The van der Waals surface area contributed by atoms with Gasteiger partial charge in [0.05, 0.1) is 51.1 Å². The maximum atomic E-state index is 15.2. The molecule has 2 aliphatic heterocycles. The van der Waals surface area contributed by atoms with E-state index in [4.69, 9.17) is 42.2 Å². The molecule has 15 atom stereocenters. The second-order valence-corrected chi connectivity index (χ2v) is 37.3.